The number of carbonyl (C=O) groups is 1. The molecule has 3 N–H and O–H groups in total. The van der Waals surface area contributed by atoms with E-state index < -0.39 is 0 Å². The Labute approximate surface area is 118 Å². The highest BCUT2D eigenvalue weighted by Gasteiger charge is 2.17. The summed E-state index contributed by atoms with van der Waals surface area (Å²) in [5.41, 5.74) is 8.15. The van der Waals surface area contributed by atoms with Gasteiger partial charge in [-0.3, -0.25) is 4.79 Å². The van der Waals surface area contributed by atoms with Crippen molar-refractivity contribution in [1.82, 2.24) is 5.32 Å². The zero-order chi connectivity index (χ0) is 13.8. The van der Waals surface area contributed by atoms with Crippen LogP contribution in [0.4, 0.5) is 11.4 Å². The van der Waals surface area contributed by atoms with Crippen molar-refractivity contribution in [1.29, 1.82) is 0 Å². The monoisotopic (exact) mass is 279 g/mol. The number of hydrogen-bond donors (Lipinski definition) is 2. The fraction of sp³-hybridized carbons (Fsp3) is 0.500. The van der Waals surface area contributed by atoms with Crippen LogP contribution in [0.1, 0.15) is 16.8 Å². The Balaban J connectivity index is 1.96. The van der Waals surface area contributed by atoms with Crippen molar-refractivity contribution in [3.63, 3.8) is 0 Å². The highest BCUT2D eigenvalue weighted by Crippen LogP contribution is 2.24. The molecule has 1 aromatic rings. The standard InChI is InChI=1S/C14H21N3OS/c1-17(2)13-4-3-11(7-12(13)15)14(18)16-8-10-5-6-19-9-10/h3-4,7,10H,5-6,8-9,15H2,1-2H3,(H,16,18). The minimum absolute atomic E-state index is 0.0334. The number of nitrogens with one attached hydrogen (secondary N) is 1. The van der Waals surface area contributed by atoms with E-state index in [4.69, 9.17) is 5.73 Å². The third kappa shape index (κ3) is 3.56. The molecule has 4 nitrogen and oxygen atoms in total. The van der Waals surface area contributed by atoms with Crippen molar-refractivity contribution < 1.29 is 4.79 Å². The summed E-state index contributed by atoms with van der Waals surface area (Å²) in [6.07, 6.45) is 1.20. The molecule has 2 rings (SSSR count). The van der Waals surface area contributed by atoms with Crippen molar-refractivity contribution in [2.45, 2.75) is 6.42 Å². The fourth-order valence-electron chi connectivity index (χ4n) is 2.19. The summed E-state index contributed by atoms with van der Waals surface area (Å²) in [5.74, 6) is 2.95. The number of nitrogen functional groups attached to an aromatic ring is 1. The number of thioether (sulfide) groups is 1. The lowest BCUT2D eigenvalue weighted by Crippen LogP contribution is -2.29. The van der Waals surface area contributed by atoms with Crippen LogP contribution in [0.5, 0.6) is 0 Å². The van der Waals surface area contributed by atoms with Crippen molar-refractivity contribution >= 4 is 29.0 Å². The summed E-state index contributed by atoms with van der Waals surface area (Å²) in [6.45, 7) is 0.765. The van der Waals surface area contributed by atoms with Gasteiger partial charge in [-0.25, -0.2) is 0 Å². The molecule has 0 bridgehead atoms. The number of carbonyl (C=O) groups excluding carboxylic acids is 1. The largest absolute Gasteiger partial charge is 0.397 e. The lowest BCUT2D eigenvalue weighted by Gasteiger charge is -2.16. The SMILES string of the molecule is CN(C)c1ccc(C(=O)NCC2CCSC2)cc1N. The number of amides is 1. The van der Waals surface area contributed by atoms with Crippen molar-refractivity contribution in [3.8, 4) is 0 Å². The lowest BCUT2D eigenvalue weighted by atomic mass is 10.1. The van der Waals surface area contributed by atoms with Crippen LogP contribution < -0.4 is 16.0 Å². The van der Waals surface area contributed by atoms with Crippen LogP contribution in [-0.2, 0) is 0 Å². The van der Waals surface area contributed by atoms with Gasteiger partial charge in [-0.1, -0.05) is 0 Å². The molecule has 0 aromatic heterocycles. The lowest BCUT2D eigenvalue weighted by molar-refractivity contribution is 0.0948. The Morgan fingerprint density at radius 2 is 2.32 bits per heavy atom. The molecule has 104 valence electrons. The normalized spacial score (nSPS) is 18.3. The molecule has 1 amide bonds. The highest BCUT2D eigenvalue weighted by molar-refractivity contribution is 7.99. The van der Waals surface area contributed by atoms with Crippen LogP contribution in [0.15, 0.2) is 18.2 Å². The number of hydrogen-bond acceptors (Lipinski definition) is 4. The predicted octanol–water partition coefficient (Wildman–Crippen LogP) is 1.82. The molecule has 1 aliphatic rings. The average Bonchev–Trinajstić information content (AvgIpc) is 2.88. The van der Waals surface area contributed by atoms with Crippen molar-refractivity contribution in [2.75, 3.05) is 42.8 Å². The molecule has 1 fully saturated rings. The summed E-state index contributed by atoms with van der Waals surface area (Å²) in [7, 11) is 3.87. The molecule has 1 saturated heterocycles. The van der Waals surface area contributed by atoms with Gasteiger partial charge in [0.15, 0.2) is 0 Å². The molecular weight excluding hydrogens is 258 g/mol. The van der Waals surface area contributed by atoms with Gasteiger partial charge in [0.05, 0.1) is 11.4 Å². The summed E-state index contributed by atoms with van der Waals surface area (Å²) >= 11 is 1.96. The smallest absolute Gasteiger partial charge is 0.251 e. The van der Waals surface area contributed by atoms with Crippen LogP contribution in [-0.4, -0.2) is 38.1 Å². The predicted molar refractivity (Wildman–Crippen MR) is 82.9 cm³/mol. The first-order chi connectivity index (χ1) is 9.08. The van der Waals surface area contributed by atoms with E-state index in [2.05, 4.69) is 5.32 Å². The zero-order valence-corrected chi connectivity index (χ0v) is 12.3. The topological polar surface area (TPSA) is 58.4 Å². The van der Waals surface area contributed by atoms with Gasteiger partial charge in [-0.05, 0) is 42.0 Å². The second-order valence-electron chi connectivity index (χ2n) is 5.11. The minimum atomic E-state index is -0.0334. The molecule has 0 spiro atoms. The van der Waals surface area contributed by atoms with Crippen LogP contribution in [0.2, 0.25) is 0 Å². The van der Waals surface area contributed by atoms with Gasteiger partial charge in [0.1, 0.15) is 0 Å². The molecule has 1 unspecified atom stereocenters. The second kappa shape index (κ2) is 6.19. The van der Waals surface area contributed by atoms with E-state index in [1.165, 1.54) is 12.2 Å². The minimum Gasteiger partial charge on any atom is -0.397 e. The summed E-state index contributed by atoms with van der Waals surface area (Å²) in [6, 6.07) is 5.45. The number of benzene rings is 1. The molecule has 1 aliphatic heterocycles. The Morgan fingerprint density at radius 3 is 2.89 bits per heavy atom. The van der Waals surface area contributed by atoms with Gasteiger partial charge in [-0.2, -0.15) is 11.8 Å². The first-order valence-electron chi connectivity index (χ1n) is 6.50. The molecule has 0 radical (unpaired) electrons. The van der Waals surface area contributed by atoms with E-state index in [9.17, 15) is 4.79 Å². The highest BCUT2D eigenvalue weighted by atomic mass is 32.2. The number of anilines is 2. The van der Waals surface area contributed by atoms with Crippen LogP contribution in [0.3, 0.4) is 0 Å². The third-order valence-electron chi connectivity index (χ3n) is 3.35. The molecule has 1 aromatic carbocycles. The van der Waals surface area contributed by atoms with Gasteiger partial charge in [0.25, 0.3) is 5.91 Å². The van der Waals surface area contributed by atoms with Crippen molar-refractivity contribution in [3.05, 3.63) is 23.8 Å². The molecule has 1 heterocycles. The number of rotatable bonds is 4. The Hall–Kier alpha value is -1.36. The van der Waals surface area contributed by atoms with Gasteiger partial charge < -0.3 is 16.0 Å². The van der Waals surface area contributed by atoms with Crippen LogP contribution in [0, 0.1) is 5.92 Å². The fourth-order valence-corrected chi connectivity index (χ4v) is 3.47. The molecule has 1 atom stereocenters. The van der Waals surface area contributed by atoms with Crippen LogP contribution >= 0.6 is 11.8 Å². The number of nitrogens with zero attached hydrogens (tertiary/aromatic N) is 1. The van der Waals surface area contributed by atoms with Gasteiger partial charge in [-0.15, -0.1) is 0 Å². The summed E-state index contributed by atoms with van der Waals surface area (Å²) in [5, 5.41) is 3.00. The van der Waals surface area contributed by atoms with E-state index in [1.807, 2.05) is 42.9 Å². The summed E-state index contributed by atoms with van der Waals surface area (Å²) < 4.78 is 0. The third-order valence-corrected chi connectivity index (χ3v) is 4.58. The maximum Gasteiger partial charge on any atom is 0.251 e. The molecule has 5 heteroatoms. The first-order valence-corrected chi connectivity index (χ1v) is 7.66. The van der Waals surface area contributed by atoms with E-state index in [1.54, 1.807) is 6.07 Å². The Morgan fingerprint density at radius 1 is 1.53 bits per heavy atom. The molecule has 0 saturated carbocycles. The van der Waals surface area contributed by atoms with Crippen molar-refractivity contribution in [2.24, 2.45) is 5.92 Å². The van der Waals surface area contributed by atoms with E-state index in [0.29, 0.717) is 17.2 Å². The summed E-state index contributed by atoms with van der Waals surface area (Å²) in [4.78, 5) is 14.0. The molecule has 19 heavy (non-hydrogen) atoms. The van der Waals surface area contributed by atoms with Crippen LogP contribution in [0.25, 0.3) is 0 Å². The first kappa shape index (κ1) is 14.1. The maximum atomic E-state index is 12.0. The molecular formula is C14H21N3OS. The number of nitrogens with two attached hydrogens (primary N) is 1. The quantitative estimate of drug-likeness (QED) is 0.825. The van der Waals surface area contributed by atoms with Gasteiger partial charge in [0.2, 0.25) is 0 Å². The Kier molecular flexibility index (Phi) is 4.58. The average molecular weight is 279 g/mol. The van der Waals surface area contributed by atoms with Gasteiger partial charge >= 0.3 is 0 Å². The van der Waals surface area contributed by atoms with E-state index in [0.717, 1.165) is 18.0 Å². The second-order valence-corrected chi connectivity index (χ2v) is 6.26. The van der Waals surface area contributed by atoms with E-state index >= 15 is 0 Å². The van der Waals surface area contributed by atoms with E-state index in [-0.39, 0.29) is 5.91 Å². The maximum absolute atomic E-state index is 12.0. The molecule has 0 aliphatic carbocycles. The van der Waals surface area contributed by atoms with Gasteiger partial charge in [0, 0.05) is 26.2 Å². The zero-order valence-electron chi connectivity index (χ0n) is 11.5. The Bertz CT molecular complexity index is 456.